The van der Waals surface area contributed by atoms with E-state index in [1.54, 1.807) is 12.1 Å². The standard InChI is InChI=1S/C13H14ClN3OS/c1-8(2)11(9-3-5-10(14)6-4-9)12(18)17-13-15-7-16-19-13/h3-8,11H,1-2H3,(H,15,16,17,18)/t11-/m0/s1. The van der Waals surface area contributed by atoms with E-state index in [1.807, 2.05) is 26.0 Å². The van der Waals surface area contributed by atoms with Crippen molar-refractivity contribution in [2.75, 3.05) is 5.32 Å². The van der Waals surface area contributed by atoms with Crippen LogP contribution < -0.4 is 5.32 Å². The van der Waals surface area contributed by atoms with Crippen molar-refractivity contribution >= 4 is 34.2 Å². The van der Waals surface area contributed by atoms with Gasteiger partial charge in [-0.25, -0.2) is 4.98 Å². The van der Waals surface area contributed by atoms with Crippen molar-refractivity contribution in [2.24, 2.45) is 5.92 Å². The van der Waals surface area contributed by atoms with E-state index in [1.165, 1.54) is 6.33 Å². The molecular formula is C13H14ClN3OS. The summed E-state index contributed by atoms with van der Waals surface area (Å²) < 4.78 is 3.86. The molecule has 0 aliphatic heterocycles. The normalized spacial score (nSPS) is 12.4. The highest BCUT2D eigenvalue weighted by Crippen LogP contribution is 2.27. The van der Waals surface area contributed by atoms with Gasteiger partial charge in [-0.15, -0.1) is 0 Å². The number of nitrogens with zero attached hydrogens (tertiary/aromatic N) is 2. The third-order valence-electron chi connectivity index (χ3n) is 2.77. The lowest BCUT2D eigenvalue weighted by molar-refractivity contribution is -0.118. The minimum atomic E-state index is -0.235. The largest absolute Gasteiger partial charge is 0.300 e. The quantitative estimate of drug-likeness (QED) is 0.938. The van der Waals surface area contributed by atoms with Crippen molar-refractivity contribution in [1.82, 2.24) is 9.36 Å². The number of rotatable bonds is 4. The van der Waals surface area contributed by atoms with Crippen molar-refractivity contribution in [1.29, 1.82) is 0 Å². The van der Waals surface area contributed by atoms with Crippen molar-refractivity contribution in [3.05, 3.63) is 41.2 Å². The van der Waals surface area contributed by atoms with Crippen LogP contribution in [0, 0.1) is 5.92 Å². The molecule has 0 saturated heterocycles. The lowest BCUT2D eigenvalue weighted by Gasteiger charge is -2.20. The Morgan fingerprint density at radius 2 is 2.00 bits per heavy atom. The zero-order valence-electron chi connectivity index (χ0n) is 10.6. The van der Waals surface area contributed by atoms with E-state index in [-0.39, 0.29) is 17.7 Å². The minimum absolute atomic E-state index is 0.0749. The number of hydrogen-bond acceptors (Lipinski definition) is 4. The van der Waals surface area contributed by atoms with Gasteiger partial charge in [-0.05, 0) is 23.6 Å². The third-order valence-corrected chi connectivity index (χ3v) is 3.60. The molecule has 1 aromatic carbocycles. The minimum Gasteiger partial charge on any atom is -0.300 e. The fourth-order valence-corrected chi connectivity index (χ4v) is 2.48. The maximum Gasteiger partial charge on any atom is 0.233 e. The number of benzene rings is 1. The predicted octanol–water partition coefficient (Wildman–Crippen LogP) is 3.57. The topological polar surface area (TPSA) is 54.9 Å². The summed E-state index contributed by atoms with van der Waals surface area (Å²) in [5, 5.41) is 3.97. The van der Waals surface area contributed by atoms with Gasteiger partial charge in [0.1, 0.15) is 6.33 Å². The monoisotopic (exact) mass is 295 g/mol. The molecule has 0 fully saturated rings. The molecule has 0 saturated carbocycles. The van der Waals surface area contributed by atoms with Gasteiger partial charge in [0.15, 0.2) is 0 Å². The van der Waals surface area contributed by atoms with Gasteiger partial charge in [0.2, 0.25) is 11.0 Å². The molecule has 6 heteroatoms. The first kappa shape index (κ1) is 14.0. The Bertz CT molecular complexity index is 540. The van der Waals surface area contributed by atoms with Crippen LogP contribution in [0.2, 0.25) is 5.02 Å². The molecule has 0 radical (unpaired) electrons. The average Bonchev–Trinajstić information content (AvgIpc) is 2.84. The molecule has 0 aliphatic carbocycles. The summed E-state index contributed by atoms with van der Waals surface area (Å²) in [5.41, 5.74) is 0.946. The Balaban J connectivity index is 2.20. The predicted molar refractivity (Wildman–Crippen MR) is 77.6 cm³/mol. The summed E-state index contributed by atoms with van der Waals surface area (Å²) in [6.07, 6.45) is 1.42. The van der Waals surface area contributed by atoms with Crippen LogP contribution in [-0.4, -0.2) is 15.3 Å². The second-order valence-electron chi connectivity index (χ2n) is 4.51. The lowest BCUT2D eigenvalue weighted by atomic mass is 9.88. The van der Waals surface area contributed by atoms with Crippen molar-refractivity contribution in [3.63, 3.8) is 0 Å². The van der Waals surface area contributed by atoms with Crippen LogP contribution in [0.15, 0.2) is 30.6 Å². The Labute approximate surface area is 121 Å². The molecule has 1 N–H and O–H groups in total. The van der Waals surface area contributed by atoms with Gasteiger partial charge in [0.05, 0.1) is 5.92 Å². The molecule has 1 atom stereocenters. The van der Waals surface area contributed by atoms with E-state index >= 15 is 0 Å². The number of amides is 1. The van der Waals surface area contributed by atoms with Crippen molar-refractivity contribution in [3.8, 4) is 0 Å². The molecule has 4 nitrogen and oxygen atoms in total. The van der Waals surface area contributed by atoms with Gasteiger partial charge in [0, 0.05) is 16.6 Å². The molecule has 1 heterocycles. The molecule has 0 aliphatic rings. The third kappa shape index (κ3) is 3.52. The molecular weight excluding hydrogens is 282 g/mol. The molecule has 1 aromatic heterocycles. The van der Waals surface area contributed by atoms with Crippen LogP contribution in [0.3, 0.4) is 0 Å². The maximum absolute atomic E-state index is 12.3. The van der Waals surface area contributed by atoms with Gasteiger partial charge < -0.3 is 5.32 Å². The summed E-state index contributed by atoms with van der Waals surface area (Å²) in [6, 6.07) is 7.36. The smallest absolute Gasteiger partial charge is 0.233 e. The van der Waals surface area contributed by atoms with Gasteiger partial charge in [-0.2, -0.15) is 4.37 Å². The van der Waals surface area contributed by atoms with Crippen LogP contribution >= 0.6 is 23.1 Å². The van der Waals surface area contributed by atoms with Gasteiger partial charge in [-0.1, -0.05) is 37.6 Å². The number of nitrogens with one attached hydrogen (secondary N) is 1. The fraction of sp³-hybridized carbons (Fsp3) is 0.308. The number of carbonyl (C=O) groups is 1. The molecule has 2 rings (SSSR count). The summed E-state index contributed by atoms with van der Waals surface area (Å²) >= 11 is 7.04. The second kappa shape index (κ2) is 6.12. The van der Waals surface area contributed by atoms with Crippen molar-refractivity contribution < 1.29 is 4.79 Å². The van der Waals surface area contributed by atoms with E-state index in [9.17, 15) is 4.79 Å². The van der Waals surface area contributed by atoms with E-state index in [0.717, 1.165) is 17.1 Å². The fourth-order valence-electron chi connectivity index (χ4n) is 1.92. The van der Waals surface area contributed by atoms with Crippen LogP contribution in [0.1, 0.15) is 25.3 Å². The van der Waals surface area contributed by atoms with Crippen LogP contribution in [0.4, 0.5) is 5.13 Å². The average molecular weight is 296 g/mol. The van der Waals surface area contributed by atoms with Crippen LogP contribution in [0.25, 0.3) is 0 Å². The summed E-state index contributed by atoms with van der Waals surface area (Å²) in [7, 11) is 0. The SMILES string of the molecule is CC(C)[C@H](C(=O)Nc1ncns1)c1ccc(Cl)cc1. The Morgan fingerprint density at radius 1 is 1.32 bits per heavy atom. The van der Waals surface area contributed by atoms with Gasteiger partial charge in [0.25, 0.3) is 0 Å². The molecule has 100 valence electrons. The number of halogens is 1. The highest BCUT2D eigenvalue weighted by atomic mass is 35.5. The Hall–Kier alpha value is -1.46. The second-order valence-corrected chi connectivity index (χ2v) is 5.73. The molecule has 19 heavy (non-hydrogen) atoms. The van der Waals surface area contributed by atoms with E-state index in [4.69, 9.17) is 11.6 Å². The summed E-state index contributed by atoms with van der Waals surface area (Å²) in [6.45, 7) is 4.03. The summed E-state index contributed by atoms with van der Waals surface area (Å²) in [4.78, 5) is 16.3. The first-order valence-electron chi connectivity index (χ1n) is 5.91. The molecule has 2 aromatic rings. The molecule has 1 amide bonds. The highest BCUT2D eigenvalue weighted by Gasteiger charge is 2.24. The number of hydrogen-bond donors (Lipinski definition) is 1. The summed E-state index contributed by atoms with van der Waals surface area (Å²) in [5.74, 6) is -0.135. The van der Waals surface area contributed by atoms with E-state index in [2.05, 4.69) is 14.7 Å². The first-order valence-corrected chi connectivity index (χ1v) is 7.06. The Kier molecular flexibility index (Phi) is 4.50. The first-order chi connectivity index (χ1) is 9.08. The lowest BCUT2D eigenvalue weighted by Crippen LogP contribution is -2.25. The molecule has 0 unspecified atom stereocenters. The van der Waals surface area contributed by atoms with Crippen LogP contribution in [-0.2, 0) is 4.79 Å². The zero-order chi connectivity index (χ0) is 13.8. The number of carbonyl (C=O) groups excluding carboxylic acids is 1. The molecule has 0 spiro atoms. The number of aromatic nitrogens is 2. The van der Waals surface area contributed by atoms with Gasteiger partial charge in [-0.3, -0.25) is 4.79 Å². The van der Waals surface area contributed by atoms with Crippen LogP contribution in [0.5, 0.6) is 0 Å². The molecule has 0 bridgehead atoms. The van der Waals surface area contributed by atoms with Crippen molar-refractivity contribution in [2.45, 2.75) is 19.8 Å². The van der Waals surface area contributed by atoms with Gasteiger partial charge >= 0.3 is 0 Å². The highest BCUT2D eigenvalue weighted by molar-refractivity contribution is 7.09. The van der Waals surface area contributed by atoms with E-state index in [0.29, 0.717) is 10.2 Å². The van der Waals surface area contributed by atoms with E-state index < -0.39 is 0 Å². The maximum atomic E-state index is 12.3. The number of anilines is 1. The Morgan fingerprint density at radius 3 is 2.53 bits per heavy atom. The zero-order valence-corrected chi connectivity index (χ0v) is 12.2.